The van der Waals surface area contributed by atoms with Crippen LogP contribution in [0.4, 0.5) is 5.82 Å². The predicted octanol–water partition coefficient (Wildman–Crippen LogP) is 2.49. The van der Waals surface area contributed by atoms with E-state index in [9.17, 15) is 0 Å². The highest BCUT2D eigenvalue weighted by molar-refractivity contribution is 6.32. The Balaban J connectivity index is 2.10. The first-order valence-corrected chi connectivity index (χ1v) is 7.02. The van der Waals surface area contributed by atoms with Crippen molar-refractivity contribution in [3.63, 3.8) is 0 Å². The molecular formula is C13H21ClN4. The number of hydrogen-bond acceptors (Lipinski definition) is 4. The Morgan fingerprint density at radius 1 is 1.50 bits per heavy atom. The smallest absolute Gasteiger partial charge is 0.151 e. The molecule has 0 radical (unpaired) electrons. The fourth-order valence-corrected chi connectivity index (χ4v) is 2.59. The van der Waals surface area contributed by atoms with Crippen LogP contribution in [0.5, 0.6) is 0 Å². The van der Waals surface area contributed by atoms with Crippen LogP contribution < -0.4 is 10.2 Å². The summed E-state index contributed by atoms with van der Waals surface area (Å²) in [6, 6.07) is 0.989. The number of aromatic nitrogens is 2. The van der Waals surface area contributed by atoms with Gasteiger partial charge in [0, 0.05) is 25.2 Å². The number of hydrogen-bond donors (Lipinski definition) is 1. The maximum absolute atomic E-state index is 6.20. The fourth-order valence-electron chi connectivity index (χ4n) is 2.38. The van der Waals surface area contributed by atoms with Crippen molar-refractivity contribution in [2.45, 2.75) is 45.2 Å². The van der Waals surface area contributed by atoms with Gasteiger partial charge in [-0.15, -0.1) is 0 Å². The molecule has 5 heteroatoms. The van der Waals surface area contributed by atoms with E-state index in [1.54, 1.807) is 12.5 Å². The van der Waals surface area contributed by atoms with Crippen LogP contribution in [0.25, 0.3) is 0 Å². The third-order valence-corrected chi connectivity index (χ3v) is 3.58. The number of nitrogens with zero attached hydrogens (tertiary/aromatic N) is 3. The van der Waals surface area contributed by atoms with Crippen LogP contribution in [0.2, 0.25) is 5.02 Å². The largest absolute Gasteiger partial charge is 0.351 e. The van der Waals surface area contributed by atoms with Crippen molar-refractivity contribution in [1.29, 1.82) is 0 Å². The van der Waals surface area contributed by atoms with Gasteiger partial charge in [0.05, 0.1) is 6.20 Å². The van der Waals surface area contributed by atoms with Gasteiger partial charge in [-0.3, -0.25) is 0 Å². The minimum absolute atomic E-state index is 0.480. The topological polar surface area (TPSA) is 41.0 Å². The zero-order valence-electron chi connectivity index (χ0n) is 11.1. The quantitative estimate of drug-likeness (QED) is 0.911. The molecule has 1 fully saturated rings. The Bertz CT molecular complexity index is 383. The Kier molecular flexibility index (Phi) is 4.78. The van der Waals surface area contributed by atoms with Crippen LogP contribution in [0.3, 0.4) is 0 Å². The summed E-state index contributed by atoms with van der Waals surface area (Å²) < 4.78 is 0. The number of halogens is 1. The average Bonchev–Trinajstić information content (AvgIpc) is 2.37. The van der Waals surface area contributed by atoms with E-state index in [2.05, 4.69) is 34.0 Å². The molecule has 0 spiro atoms. The molecule has 1 aliphatic heterocycles. The molecule has 4 nitrogen and oxygen atoms in total. The summed E-state index contributed by atoms with van der Waals surface area (Å²) in [5.41, 5.74) is 0. The van der Waals surface area contributed by atoms with Crippen molar-refractivity contribution >= 4 is 17.4 Å². The van der Waals surface area contributed by atoms with E-state index in [1.807, 2.05) is 0 Å². The molecular weight excluding hydrogens is 248 g/mol. The summed E-state index contributed by atoms with van der Waals surface area (Å²) in [5, 5.41) is 4.15. The lowest BCUT2D eigenvalue weighted by molar-refractivity contribution is 0.419. The van der Waals surface area contributed by atoms with Crippen molar-refractivity contribution in [3.8, 4) is 0 Å². The molecule has 100 valence electrons. The molecule has 0 saturated carbocycles. The molecule has 1 N–H and O–H groups in total. The standard InChI is InChI=1S/C13H21ClN4/c1-10(2)16-7-11-5-3-4-6-18(11)13-12(14)8-15-9-17-13/h8-11,16H,3-7H2,1-2H3. The first kappa shape index (κ1) is 13.6. The molecule has 0 bridgehead atoms. The van der Waals surface area contributed by atoms with Crippen LogP contribution in [-0.4, -0.2) is 35.1 Å². The second kappa shape index (κ2) is 6.34. The highest BCUT2D eigenvalue weighted by Crippen LogP contribution is 2.28. The zero-order chi connectivity index (χ0) is 13.0. The zero-order valence-corrected chi connectivity index (χ0v) is 11.8. The molecule has 1 aromatic heterocycles. The molecule has 0 aliphatic carbocycles. The molecule has 2 heterocycles. The second-order valence-corrected chi connectivity index (χ2v) is 5.51. The average molecular weight is 269 g/mol. The van der Waals surface area contributed by atoms with Crippen LogP contribution in [0.15, 0.2) is 12.5 Å². The van der Waals surface area contributed by atoms with Gasteiger partial charge in [0.25, 0.3) is 0 Å². The van der Waals surface area contributed by atoms with Gasteiger partial charge in [0.2, 0.25) is 0 Å². The Morgan fingerprint density at radius 3 is 3.06 bits per heavy atom. The van der Waals surface area contributed by atoms with Gasteiger partial charge in [-0.1, -0.05) is 25.4 Å². The minimum Gasteiger partial charge on any atom is -0.351 e. The Labute approximate surface area is 114 Å². The van der Waals surface area contributed by atoms with Crippen molar-refractivity contribution in [3.05, 3.63) is 17.5 Å². The van der Waals surface area contributed by atoms with Crippen LogP contribution in [-0.2, 0) is 0 Å². The SMILES string of the molecule is CC(C)NCC1CCCCN1c1ncncc1Cl. The maximum Gasteiger partial charge on any atom is 0.151 e. The van der Waals surface area contributed by atoms with Crippen LogP contribution in [0, 0.1) is 0 Å². The molecule has 2 rings (SSSR count). The van der Waals surface area contributed by atoms with E-state index < -0.39 is 0 Å². The van der Waals surface area contributed by atoms with E-state index in [4.69, 9.17) is 11.6 Å². The number of rotatable bonds is 4. The van der Waals surface area contributed by atoms with Crippen molar-refractivity contribution < 1.29 is 0 Å². The van der Waals surface area contributed by atoms with Gasteiger partial charge in [0.1, 0.15) is 11.3 Å². The lowest BCUT2D eigenvalue weighted by atomic mass is 10.0. The van der Waals surface area contributed by atoms with Gasteiger partial charge < -0.3 is 10.2 Å². The number of nitrogens with one attached hydrogen (secondary N) is 1. The number of piperidine rings is 1. The fraction of sp³-hybridized carbons (Fsp3) is 0.692. The molecule has 18 heavy (non-hydrogen) atoms. The summed E-state index contributed by atoms with van der Waals surface area (Å²) >= 11 is 6.20. The summed E-state index contributed by atoms with van der Waals surface area (Å²) in [4.78, 5) is 10.6. The van der Waals surface area contributed by atoms with E-state index in [-0.39, 0.29) is 0 Å². The lowest BCUT2D eigenvalue weighted by Gasteiger charge is -2.37. The summed E-state index contributed by atoms with van der Waals surface area (Å²) in [6.07, 6.45) is 6.93. The van der Waals surface area contributed by atoms with Gasteiger partial charge in [-0.05, 0) is 19.3 Å². The van der Waals surface area contributed by atoms with Crippen molar-refractivity contribution in [1.82, 2.24) is 15.3 Å². The normalized spacial score (nSPS) is 20.4. The van der Waals surface area contributed by atoms with Crippen molar-refractivity contribution in [2.24, 2.45) is 0 Å². The molecule has 0 amide bonds. The van der Waals surface area contributed by atoms with E-state index in [1.165, 1.54) is 19.3 Å². The Hall–Kier alpha value is -0.870. The molecule has 1 saturated heterocycles. The maximum atomic E-state index is 6.20. The summed E-state index contributed by atoms with van der Waals surface area (Å²) in [7, 11) is 0. The first-order valence-electron chi connectivity index (χ1n) is 6.64. The minimum atomic E-state index is 0.480. The second-order valence-electron chi connectivity index (χ2n) is 5.10. The van der Waals surface area contributed by atoms with Crippen molar-refractivity contribution in [2.75, 3.05) is 18.0 Å². The van der Waals surface area contributed by atoms with Gasteiger partial charge >= 0.3 is 0 Å². The molecule has 1 aromatic rings. The highest BCUT2D eigenvalue weighted by atomic mass is 35.5. The first-order chi connectivity index (χ1) is 8.68. The number of anilines is 1. The Morgan fingerprint density at radius 2 is 2.33 bits per heavy atom. The monoisotopic (exact) mass is 268 g/mol. The third-order valence-electron chi connectivity index (χ3n) is 3.31. The summed E-state index contributed by atoms with van der Waals surface area (Å²) in [6.45, 7) is 6.36. The van der Waals surface area contributed by atoms with E-state index >= 15 is 0 Å². The van der Waals surface area contributed by atoms with E-state index in [0.29, 0.717) is 17.1 Å². The van der Waals surface area contributed by atoms with Gasteiger partial charge in [-0.2, -0.15) is 0 Å². The molecule has 1 atom stereocenters. The lowest BCUT2D eigenvalue weighted by Crippen LogP contribution is -2.47. The molecule has 1 unspecified atom stereocenters. The summed E-state index contributed by atoms with van der Waals surface area (Å²) in [5.74, 6) is 0.877. The predicted molar refractivity (Wildman–Crippen MR) is 75.2 cm³/mol. The highest BCUT2D eigenvalue weighted by Gasteiger charge is 2.25. The van der Waals surface area contributed by atoms with Gasteiger partial charge in [-0.25, -0.2) is 9.97 Å². The van der Waals surface area contributed by atoms with Gasteiger partial charge in [0.15, 0.2) is 5.82 Å². The third kappa shape index (κ3) is 3.33. The molecule has 1 aliphatic rings. The van der Waals surface area contributed by atoms with Crippen LogP contribution in [0.1, 0.15) is 33.1 Å². The van der Waals surface area contributed by atoms with E-state index in [0.717, 1.165) is 18.9 Å². The molecule has 0 aromatic carbocycles. The van der Waals surface area contributed by atoms with Crippen LogP contribution >= 0.6 is 11.6 Å².